The van der Waals surface area contributed by atoms with E-state index in [2.05, 4.69) is 5.32 Å². The number of nitrogens with one attached hydrogen (secondary N) is 1. The highest BCUT2D eigenvalue weighted by Gasteiger charge is 2.24. The van der Waals surface area contributed by atoms with Crippen molar-refractivity contribution in [2.45, 2.75) is 25.8 Å². The molecular weight excluding hydrogens is 307 g/mol. The highest BCUT2D eigenvalue weighted by atomic mass is 35.5. The minimum atomic E-state index is -0.366. The van der Waals surface area contributed by atoms with Gasteiger partial charge in [0.1, 0.15) is 6.04 Å². The first kappa shape index (κ1) is 14.8. The van der Waals surface area contributed by atoms with E-state index in [1.165, 1.54) is 0 Å². The minimum Gasteiger partial charge on any atom is -0.371 e. The molecule has 0 bridgehead atoms. The van der Waals surface area contributed by atoms with Gasteiger partial charge in [-0.25, -0.2) is 0 Å². The first-order chi connectivity index (χ1) is 8.99. The lowest BCUT2D eigenvalue weighted by molar-refractivity contribution is -0.130. The molecule has 1 amide bonds. The summed E-state index contributed by atoms with van der Waals surface area (Å²) in [5, 5.41) is 4.37. The number of halogens is 3. The van der Waals surface area contributed by atoms with Crippen LogP contribution in [0, 0.1) is 0 Å². The molecule has 6 heteroatoms. The summed E-state index contributed by atoms with van der Waals surface area (Å²) in [5.74, 6) is 0.0691. The SMILES string of the molecule is CC(Nc1c(Cl)cc(Cl)cc1Cl)C(=O)N1CCCC1. The molecule has 0 aliphatic carbocycles. The number of carbonyl (C=O) groups excluding carboxylic acids is 1. The number of hydrogen-bond acceptors (Lipinski definition) is 2. The number of likely N-dealkylation sites (tertiary alicyclic amines) is 1. The van der Waals surface area contributed by atoms with Gasteiger partial charge in [0.15, 0.2) is 0 Å². The summed E-state index contributed by atoms with van der Waals surface area (Å²) >= 11 is 18.0. The van der Waals surface area contributed by atoms with Gasteiger partial charge in [0.2, 0.25) is 5.91 Å². The van der Waals surface area contributed by atoms with Gasteiger partial charge in [-0.2, -0.15) is 0 Å². The lowest BCUT2D eigenvalue weighted by Gasteiger charge is -2.22. The summed E-state index contributed by atoms with van der Waals surface area (Å²) in [6.07, 6.45) is 2.14. The molecule has 1 aliphatic heterocycles. The van der Waals surface area contributed by atoms with E-state index in [0.717, 1.165) is 25.9 Å². The van der Waals surface area contributed by atoms with Crippen LogP contribution >= 0.6 is 34.8 Å². The predicted octanol–water partition coefficient (Wildman–Crippen LogP) is 4.07. The number of nitrogens with zero attached hydrogens (tertiary/aromatic N) is 1. The maximum Gasteiger partial charge on any atom is 0.244 e. The second kappa shape index (κ2) is 6.21. The minimum absolute atomic E-state index is 0.0691. The maximum absolute atomic E-state index is 12.2. The molecule has 1 unspecified atom stereocenters. The third-order valence-corrected chi connectivity index (χ3v) is 3.97. The zero-order valence-electron chi connectivity index (χ0n) is 10.5. The van der Waals surface area contributed by atoms with Crippen molar-refractivity contribution in [3.05, 3.63) is 27.2 Å². The Kier molecular flexibility index (Phi) is 4.82. The maximum atomic E-state index is 12.2. The van der Waals surface area contributed by atoms with Crippen LogP contribution in [0.2, 0.25) is 15.1 Å². The number of amides is 1. The van der Waals surface area contributed by atoms with Crippen molar-refractivity contribution < 1.29 is 4.79 Å². The van der Waals surface area contributed by atoms with Gasteiger partial charge in [0, 0.05) is 18.1 Å². The lowest BCUT2D eigenvalue weighted by atomic mass is 10.2. The van der Waals surface area contributed by atoms with E-state index in [0.29, 0.717) is 20.8 Å². The van der Waals surface area contributed by atoms with Gasteiger partial charge in [-0.05, 0) is 31.9 Å². The van der Waals surface area contributed by atoms with Gasteiger partial charge in [-0.15, -0.1) is 0 Å². The highest BCUT2D eigenvalue weighted by molar-refractivity contribution is 6.41. The molecule has 0 radical (unpaired) electrons. The zero-order valence-corrected chi connectivity index (χ0v) is 12.8. The molecule has 1 saturated heterocycles. The number of carbonyl (C=O) groups is 1. The van der Waals surface area contributed by atoms with E-state index in [9.17, 15) is 4.79 Å². The molecule has 0 aromatic heterocycles. The molecule has 104 valence electrons. The number of hydrogen-bond donors (Lipinski definition) is 1. The highest BCUT2D eigenvalue weighted by Crippen LogP contribution is 2.34. The average Bonchev–Trinajstić information content (AvgIpc) is 2.86. The van der Waals surface area contributed by atoms with E-state index in [4.69, 9.17) is 34.8 Å². The molecule has 3 nitrogen and oxygen atoms in total. The standard InChI is InChI=1S/C13H15Cl3N2O/c1-8(13(19)18-4-2-3-5-18)17-12-10(15)6-9(14)7-11(12)16/h6-8,17H,2-5H2,1H3. The third kappa shape index (κ3) is 3.47. The Balaban J connectivity index is 2.10. The second-order valence-electron chi connectivity index (χ2n) is 4.64. The molecule has 19 heavy (non-hydrogen) atoms. The van der Waals surface area contributed by atoms with E-state index in [1.54, 1.807) is 12.1 Å². The normalized spacial score (nSPS) is 16.5. The van der Waals surface area contributed by atoms with Crippen molar-refractivity contribution in [3.63, 3.8) is 0 Å². The Morgan fingerprint density at radius 2 is 1.74 bits per heavy atom. The van der Waals surface area contributed by atoms with Gasteiger partial charge in [0.05, 0.1) is 15.7 Å². The van der Waals surface area contributed by atoms with E-state index in [-0.39, 0.29) is 11.9 Å². The van der Waals surface area contributed by atoms with Crippen molar-refractivity contribution >= 4 is 46.4 Å². The van der Waals surface area contributed by atoms with Crippen LogP contribution in [0.15, 0.2) is 12.1 Å². The molecule has 1 aromatic rings. The fourth-order valence-electron chi connectivity index (χ4n) is 2.17. The van der Waals surface area contributed by atoms with Crippen molar-refractivity contribution in [1.82, 2.24) is 4.90 Å². The Bertz CT molecular complexity index is 464. The molecule has 0 spiro atoms. The van der Waals surface area contributed by atoms with Crippen LogP contribution in [0.5, 0.6) is 0 Å². The van der Waals surface area contributed by atoms with Crippen molar-refractivity contribution in [2.24, 2.45) is 0 Å². The predicted molar refractivity (Wildman–Crippen MR) is 80.4 cm³/mol. The quantitative estimate of drug-likeness (QED) is 0.910. The molecule has 0 saturated carbocycles. The fourth-order valence-corrected chi connectivity index (χ4v) is 3.10. The van der Waals surface area contributed by atoms with Crippen LogP contribution in [-0.2, 0) is 4.79 Å². The summed E-state index contributed by atoms with van der Waals surface area (Å²) in [4.78, 5) is 14.0. The molecule has 1 fully saturated rings. The van der Waals surface area contributed by atoms with Crippen LogP contribution in [0.3, 0.4) is 0 Å². The van der Waals surface area contributed by atoms with E-state index >= 15 is 0 Å². The topological polar surface area (TPSA) is 32.3 Å². The van der Waals surface area contributed by atoms with Crippen LogP contribution in [0.1, 0.15) is 19.8 Å². The first-order valence-corrected chi connectivity index (χ1v) is 7.32. The van der Waals surface area contributed by atoms with Gasteiger partial charge < -0.3 is 10.2 Å². The van der Waals surface area contributed by atoms with Gasteiger partial charge in [-0.3, -0.25) is 4.79 Å². The van der Waals surface area contributed by atoms with E-state index < -0.39 is 0 Å². The molecule has 1 atom stereocenters. The monoisotopic (exact) mass is 320 g/mol. The molecule has 1 aromatic carbocycles. The van der Waals surface area contributed by atoms with Gasteiger partial charge in [-0.1, -0.05) is 34.8 Å². The summed E-state index contributed by atoms with van der Waals surface area (Å²) in [5.41, 5.74) is 0.549. The van der Waals surface area contributed by atoms with Crippen LogP contribution in [0.4, 0.5) is 5.69 Å². The number of anilines is 1. The van der Waals surface area contributed by atoms with E-state index in [1.807, 2.05) is 11.8 Å². The fraction of sp³-hybridized carbons (Fsp3) is 0.462. The Morgan fingerprint density at radius 3 is 2.26 bits per heavy atom. The summed E-state index contributed by atoms with van der Waals surface area (Å²) in [6.45, 7) is 3.46. The summed E-state index contributed by atoms with van der Waals surface area (Å²) < 4.78 is 0. The van der Waals surface area contributed by atoms with Crippen molar-refractivity contribution in [2.75, 3.05) is 18.4 Å². The molecule has 1 aliphatic rings. The van der Waals surface area contributed by atoms with Crippen molar-refractivity contribution in [3.8, 4) is 0 Å². The lowest BCUT2D eigenvalue weighted by Crippen LogP contribution is -2.39. The third-order valence-electron chi connectivity index (χ3n) is 3.16. The zero-order chi connectivity index (χ0) is 14.0. The molecule has 1 heterocycles. The number of benzene rings is 1. The summed E-state index contributed by atoms with van der Waals surface area (Å²) in [6, 6.07) is 2.84. The Labute approximate surface area is 127 Å². The molecular formula is C13H15Cl3N2O. The van der Waals surface area contributed by atoms with Crippen LogP contribution < -0.4 is 5.32 Å². The van der Waals surface area contributed by atoms with Crippen molar-refractivity contribution in [1.29, 1.82) is 0 Å². The van der Waals surface area contributed by atoms with Gasteiger partial charge in [0.25, 0.3) is 0 Å². The Hall–Kier alpha value is -0.640. The van der Waals surface area contributed by atoms with Crippen LogP contribution in [-0.4, -0.2) is 29.9 Å². The largest absolute Gasteiger partial charge is 0.371 e. The molecule has 1 N–H and O–H groups in total. The first-order valence-electron chi connectivity index (χ1n) is 6.19. The molecule has 2 rings (SSSR count). The number of rotatable bonds is 3. The second-order valence-corrected chi connectivity index (χ2v) is 5.89. The summed E-state index contributed by atoms with van der Waals surface area (Å²) in [7, 11) is 0. The smallest absolute Gasteiger partial charge is 0.244 e. The Morgan fingerprint density at radius 1 is 1.21 bits per heavy atom. The van der Waals surface area contributed by atoms with Crippen LogP contribution in [0.25, 0.3) is 0 Å². The van der Waals surface area contributed by atoms with Gasteiger partial charge >= 0.3 is 0 Å². The average molecular weight is 322 g/mol.